The van der Waals surface area contributed by atoms with E-state index < -0.39 is 0 Å². The zero-order valence-electron chi connectivity index (χ0n) is 11.9. The van der Waals surface area contributed by atoms with Gasteiger partial charge in [0.2, 0.25) is 0 Å². The van der Waals surface area contributed by atoms with Crippen molar-refractivity contribution in [2.24, 2.45) is 0 Å². The molecule has 3 rings (SSSR count). The van der Waals surface area contributed by atoms with E-state index in [9.17, 15) is 4.39 Å². The van der Waals surface area contributed by atoms with E-state index in [4.69, 9.17) is 0 Å². The van der Waals surface area contributed by atoms with Crippen molar-refractivity contribution in [2.75, 3.05) is 6.54 Å². The smallest absolute Gasteiger partial charge is 0.123 e. The van der Waals surface area contributed by atoms with E-state index in [2.05, 4.69) is 47.8 Å². The molecule has 0 aromatic heterocycles. The van der Waals surface area contributed by atoms with Crippen LogP contribution < -0.4 is 5.32 Å². The quantitative estimate of drug-likeness (QED) is 0.686. The number of benzene rings is 3. The van der Waals surface area contributed by atoms with Gasteiger partial charge >= 0.3 is 0 Å². The van der Waals surface area contributed by atoms with E-state index >= 15 is 0 Å². The molecular weight excluding hydrogens is 261 g/mol. The molecule has 0 spiro atoms. The summed E-state index contributed by atoms with van der Waals surface area (Å²) >= 11 is 0. The number of nitrogens with one attached hydrogen (secondary N) is 1. The molecule has 21 heavy (non-hydrogen) atoms. The second-order valence-electron chi connectivity index (χ2n) is 5.24. The maximum absolute atomic E-state index is 13.1. The van der Waals surface area contributed by atoms with E-state index in [0.717, 1.165) is 25.1 Å². The van der Waals surface area contributed by atoms with Crippen molar-refractivity contribution in [1.82, 2.24) is 5.32 Å². The van der Waals surface area contributed by atoms with E-state index in [0.29, 0.717) is 0 Å². The van der Waals surface area contributed by atoms with Gasteiger partial charge in [-0.1, -0.05) is 48.5 Å². The second-order valence-corrected chi connectivity index (χ2v) is 5.24. The van der Waals surface area contributed by atoms with Crippen LogP contribution in [-0.4, -0.2) is 6.54 Å². The molecule has 0 amide bonds. The Kier molecular flexibility index (Phi) is 4.27. The molecule has 0 aliphatic heterocycles. The zero-order valence-corrected chi connectivity index (χ0v) is 11.9. The largest absolute Gasteiger partial charge is 0.312 e. The molecule has 0 unspecified atom stereocenters. The fraction of sp³-hybridized carbons (Fsp3) is 0.158. The van der Waals surface area contributed by atoms with Crippen LogP contribution in [0, 0.1) is 5.82 Å². The first-order chi connectivity index (χ1) is 10.3. The Hall–Kier alpha value is -2.19. The lowest BCUT2D eigenvalue weighted by Crippen LogP contribution is -2.16. The van der Waals surface area contributed by atoms with Crippen LogP contribution in [0.3, 0.4) is 0 Å². The highest BCUT2D eigenvalue weighted by molar-refractivity contribution is 5.82. The van der Waals surface area contributed by atoms with Crippen LogP contribution in [0.15, 0.2) is 66.7 Å². The maximum atomic E-state index is 13.1. The summed E-state index contributed by atoms with van der Waals surface area (Å²) in [6.07, 6.45) is 0.839. The molecule has 0 radical (unpaired) electrons. The first kappa shape index (κ1) is 13.8. The van der Waals surface area contributed by atoms with Crippen molar-refractivity contribution in [2.45, 2.75) is 13.0 Å². The molecular formula is C19H18FN. The van der Waals surface area contributed by atoms with Crippen molar-refractivity contribution < 1.29 is 4.39 Å². The molecule has 106 valence electrons. The zero-order chi connectivity index (χ0) is 14.5. The van der Waals surface area contributed by atoms with Crippen molar-refractivity contribution in [3.05, 3.63) is 83.7 Å². The lowest BCUT2D eigenvalue weighted by Gasteiger charge is -2.07. The molecule has 0 aliphatic rings. The van der Waals surface area contributed by atoms with Crippen LogP contribution in [0.25, 0.3) is 10.8 Å². The van der Waals surface area contributed by atoms with Gasteiger partial charge in [-0.15, -0.1) is 0 Å². The van der Waals surface area contributed by atoms with Gasteiger partial charge in [-0.3, -0.25) is 0 Å². The van der Waals surface area contributed by atoms with Crippen LogP contribution in [0.2, 0.25) is 0 Å². The van der Waals surface area contributed by atoms with Gasteiger partial charge in [0.05, 0.1) is 0 Å². The molecule has 3 aromatic carbocycles. The first-order valence-electron chi connectivity index (χ1n) is 7.24. The third-order valence-corrected chi connectivity index (χ3v) is 3.62. The summed E-state index contributed by atoms with van der Waals surface area (Å²) in [7, 11) is 0. The van der Waals surface area contributed by atoms with Gasteiger partial charge in [0.15, 0.2) is 0 Å². The molecule has 0 heterocycles. The van der Waals surface area contributed by atoms with Crippen LogP contribution in [0.4, 0.5) is 4.39 Å². The summed E-state index contributed by atoms with van der Waals surface area (Å²) in [5.74, 6) is -0.165. The predicted octanol–water partition coefficient (Wildman–Crippen LogP) is 4.31. The Bertz CT molecular complexity index is 736. The number of rotatable bonds is 5. The van der Waals surface area contributed by atoms with Crippen LogP contribution >= 0.6 is 0 Å². The molecule has 1 nitrogen and oxygen atoms in total. The van der Waals surface area contributed by atoms with Gasteiger partial charge in [-0.05, 0) is 53.1 Å². The normalized spacial score (nSPS) is 10.9. The van der Waals surface area contributed by atoms with Crippen LogP contribution in [0.1, 0.15) is 11.1 Å². The van der Waals surface area contributed by atoms with Crippen molar-refractivity contribution in [3.63, 3.8) is 0 Å². The standard InChI is InChI=1S/C19H18FN/c20-19-7-3-4-15(13-19)10-11-21-14-16-8-9-17-5-1-2-6-18(17)12-16/h1-9,12-13,21H,10-11,14H2. The topological polar surface area (TPSA) is 12.0 Å². The maximum Gasteiger partial charge on any atom is 0.123 e. The lowest BCUT2D eigenvalue weighted by atomic mass is 10.1. The summed E-state index contributed by atoms with van der Waals surface area (Å²) in [5.41, 5.74) is 2.30. The Morgan fingerprint density at radius 2 is 1.62 bits per heavy atom. The number of halogens is 1. The van der Waals surface area contributed by atoms with Gasteiger partial charge in [-0.2, -0.15) is 0 Å². The van der Waals surface area contributed by atoms with Crippen molar-refractivity contribution in [1.29, 1.82) is 0 Å². The summed E-state index contributed by atoms with van der Waals surface area (Å²) in [4.78, 5) is 0. The minimum atomic E-state index is -0.165. The van der Waals surface area contributed by atoms with Crippen LogP contribution in [0.5, 0.6) is 0 Å². The Morgan fingerprint density at radius 1 is 0.762 bits per heavy atom. The van der Waals surface area contributed by atoms with Gasteiger partial charge in [0.1, 0.15) is 5.82 Å². The summed E-state index contributed by atoms with van der Waals surface area (Å²) in [5, 5.41) is 5.94. The predicted molar refractivity (Wildman–Crippen MR) is 85.8 cm³/mol. The van der Waals surface area contributed by atoms with Gasteiger partial charge in [0.25, 0.3) is 0 Å². The van der Waals surface area contributed by atoms with E-state index in [1.165, 1.54) is 22.4 Å². The Morgan fingerprint density at radius 3 is 2.48 bits per heavy atom. The molecule has 0 bridgehead atoms. The third kappa shape index (κ3) is 3.67. The van der Waals surface area contributed by atoms with Gasteiger partial charge in [0, 0.05) is 6.54 Å². The fourth-order valence-corrected chi connectivity index (χ4v) is 2.51. The SMILES string of the molecule is Fc1cccc(CCNCc2ccc3ccccc3c2)c1. The van der Waals surface area contributed by atoms with E-state index in [1.807, 2.05) is 6.07 Å². The Balaban J connectivity index is 1.54. The molecule has 2 heteroatoms. The lowest BCUT2D eigenvalue weighted by molar-refractivity contribution is 0.622. The van der Waals surface area contributed by atoms with Gasteiger partial charge in [-0.25, -0.2) is 4.39 Å². The fourth-order valence-electron chi connectivity index (χ4n) is 2.51. The van der Waals surface area contributed by atoms with Crippen molar-refractivity contribution in [3.8, 4) is 0 Å². The molecule has 0 atom stereocenters. The number of fused-ring (bicyclic) bond motifs is 1. The van der Waals surface area contributed by atoms with E-state index in [1.54, 1.807) is 12.1 Å². The highest BCUT2D eigenvalue weighted by atomic mass is 19.1. The summed E-state index contributed by atoms with van der Waals surface area (Å²) in [6.45, 7) is 1.68. The molecule has 1 N–H and O–H groups in total. The minimum absolute atomic E-state index is 0.165. The first-order valence-corrected chi connectivity index (χ1v) is 7.24. The van der Waals surface area contributed by atoms with Gasteiger partial charge < -0.3 is 5.32 Å². The second kappa shape index (κ2) is 6.51. The number of hydrogen-bond acceptors (Lipinski definition) is 1. The van der Waals surface area contributed by atoms with Crippen molar-refractivity contribution >= 4 is 10.8 Å². The highest BCUT2D eigenvalue weighted by Gasteiger charge is 1.98. The number of hydrogen-bond donors (Lipinski definition) is 1. The molecule has 0 saturated heterocycles. The minimum Gasteiger partial charge on any atom is -0.312 e. The average molecular weight is 279 g/mol. The molecule has 0 aliphatic carbocycles. The summed E-state index contributed by atoms with van der Waals surface area (Å²) in [6, 6.07) is 21.7. The van der Waals surface area contributed by atoms with Crippen LogP contribution in [-0.2, 0) is 13.0 Å². The van der Waals surface area contributed by atoms with E-state index in [-0.39, 0.29) is 5.82 Å². The summed E-state index contributed by atoms with van der Waals surface area (Å²) < 4.78 is 13.1. The highest BCUT2D eigenvalue weighted by Crippen LogP contribution is 2.15. The third-order valence-electron chi connectivity index (χ3n) is 3.62. The molecule has 3 aromatic rings. The molecule has 0 fully saturated rings. The average Bonchev–Trinajstić information content (AvgIpc) is 2.51. The monoisotopic (exact) mass is 279 g/mol. The molecule has 0 saturated carbocycles. The Labute approximate surface area is 124 Å².